The molecule has 0 aromatic heterocycles. The van der Waals surface area contributed by atoms with Crippen molar-refractivity contribution in [2.24, 2.45) is 0 Å². The Morgan fingerprint density at radius 3 is 2.14 bits per heavy atom. The Morgan fingerprint density at radius 2 is 1.62 bits per heavy atom. The van der Waals surface area contributed by atoms with Gasteiger partial charge < -0.3 is 20.3 Å². The Labute approximate surface area is 229 Å². The number of hydrogen-bond acceptors (Lipinski definition) is 5. The van der Waals surface area contributed by atoms with Gasteiger partial charge in [0, 0.05) is 11.8 Å². The fourth-order valence-electron chi connectivity index (χ4n) is 4.32. The summed E-state index contributed by atoms with van der Waals surface area (Å²) in [6.45, 7) is 11.0. The molecule has 3 amide bonds. The summed E-state index contributed by atoms with van der Waals surface area (Å²) in [7, 11) is 0. The van der Waals surface area contributed by atoms with Crippen LogP contribution in [0.3, 0.4) is 0 Å². The van der Waals surface area contributed by atoms with Crippen LogP contribution in [0.4, 0.5) is 10.5 Å². The van der Waals surface area contributed by atoms with Crippen molar-refractivity contribution in [2.45, 2.75) is 78.1 Å². The van der Waals surface area contributed by atoms with Gasteiger partial charge in [-0.1, -0.05) is 41.9 Å². The third-order valence-electron chi connectivity index (χ3n) is 6.18. The summed E-state index contributed by atoms with van der Waals surface area (Å²) < 4.78 is 5.36. The molecule has 2 atom stereocenters. The van der Waals surface area contributed by atoms with Crippen molar-refractivity contribution < 1.29 is 19.1 Å². The van der Waals surface area contributed by atoms with Crippen molar-refractivity contribution in [1.82, 2.24) is 10.2 Å². The van der Waals surface area contributed by atoms with Crippen LogP contribution in [0.25, 0.3) is 0 Å². The number of benzene rings is 2. The minimum atomic E-state index is -0.972. The molecule has 200 valence electrons. The number of hydrogen-bond donors (Lipinski definition) is 3. The molecule has 9 heteroatoms. The lowest BCUT2D eigenvalue weighted by molar-refractivity contribution is -0.141. The highest BCUT2D eigenvalue weighted by Gasteiger charge is 2.44. The van der Waals surface area contributed by atoms with Crippen LogP contribution >= 0.6 is 24.2 Å². The molecule has 1 fully saturated rings. The van der Waals surface area contributed by atoms with E-state index in [9.17, 15) is 14.4 Å². The minimum absolute atomic E-state index is 0.0476. The number of halogens is 1. The summed E-state index contributed by atoms with van der Waals surface area (Å²) in [5.41, 5.74) is 3.11. The summed E-state index contributed by atoms with van der Waals surface area (Å²) in [4.78, 5) is 42.1. The van der Waals surface area contributed by atoms with Crippen molar-refractivity contribution in [3.05, 3.63) is 63.7 Å². The predicted octanol–water partition coefficient (Wildman–Crippen LogP) is 5.76. The molecule has 3 rings (SSSR count). The van der Waals surface area contributed by atoms with Gasteiger partial charge in [0.1, 0.15) is 17.7 Å². The van der Waals surface area contributed by atoms with Gasteiger partial charge in [-0.05, 0) is 82.7 Å². The van der Waals surface area contributed by atoms with E-state index < -0.39 is 23.8 Å². The Bertz CT molecular complexity index is 1140. The van der Waals surface area contributed by atoms with Gasteiger partial charge in [-0.2, -0.15) is 12.6 Å². The molecule has 0 bridgehead atoms. The molecule has 2 aromatic rings. The van der Waals surface area contributed by atoms with Gasteiger partial charge in [0.15, 0.2) is 0 Å². The molecule has 1 saturated carbocycles. The van der Waals surface area contributed by atoms with Crippen LogP contribution in [0.15, 0.2) is 36.4 Å². The van der Waals surface area contributed by atoms with Gasteiger partial charge in [0.05, 0.1) is 10.7 Å². The van der Waals surface area contributed by atoms with Crippen molar-refractivity contribution in [2.75, 3.05) is 11.1 Å². The zero-order chi connectivity index (χ0) is 27.5. The normalized spacial score (nSPS) is 14.9. The average Bonchev–Trinajstić information content (AvgIpc) is 3.62. The van der Waals surface area contributed by atoms with Crippen LogP contribution in [-0.2, 0) is 14.3 Å². The topological polar surface area (TPSA) is 87.7 Å². The number of anilines is 1. The summed E-state index contributed by atoms with van der Waals surface area (Å²) >= 11 is 10.8. The minimum Gasteiger partial charge on any atom is -0.444 e. The number of aryl methyl sites for hydroxylation is 3. The van der Waals surface area contributed by atoms with E-state index in [0.717, 1.165) is 35.1 Å². The maximum atomic E-state index is 14.0. The van der Waals surface area contributed by atoms with Crippen LogP contribution < -0.4 is 10.6 Å². The van der Waals surface area contributed by atoms with Crippen LogP contribution in [0.2, 0.25) is 5.02 Å². The van der Waals surface area contributed by atoms with E-state index in [1.165, 1.54) is 0 Å². The number of para-hydroxylation sites is 1. The standard InChI is InChI=1S/C28H36ClN3O4S/c1-16-9-7-10-17(2)22(16)24(25(33)31-23-18(3)11-8-12-20(23)29)32(19-13-14-19)26(34)21(15-37)30-27(35)36-28(4,5)6/h7-12,19,21,24,37H,13-15H2,1-6H3,(H,30,35)(H,31,33). The van der Waals surface area contributed by atoms with Crippen LogP contribution in [-0.4, -0.2) is 46.2 Å². The van der Waals surface area contributed by atoms with Crippen molar-refractivity contribution >= 4 is 47.8 Å². The number of nitrogens with one attached hydrogen (secondary N) is 2. The maximum absolute atomic E-state index is 14.0. The molecule has 1 aliphatic rings. The quantitative estimate of drug-likeness (QED) is 0.368. The van der Waals surface area contributed by atoms with Gasteiger partial charge in [0.25, 0.3) is 5.91 Å². The number of nitrogens with zero attached hydrogens (tertiary/aromatic N) is 1. The van der Waals surface area contributed by atoms with E-state index in [-0.39, 0.29) is 23.6 Å². The van der Waals surface area contributed by atoms with Crippen molar-refractivity contribution in [3.63, 3.8) is 0 Å². The van der Waals surface area contributed by atoms with Crippen LogP contribution in [0.1, 0.15) is 61.9 Å². The molecular formula is C28H36ClN3O4S. The molecule has 0 saturated heterocycles. The maximum Gasteiger partial charge on any atom is 0.408 e. The Kier molecular flexibility index (Phi) is 9.18. The van der Waals surface area contributed by atoms with E-state index in [2.05, 4.69) is 23.3 Å². The number of alkyl carbamates (subject to hydrolysis) is 1. The number of thiol groups is 1. The van der Waals surface area contributed by atoms with Gasteiger partial charge in [-0.25, -0.2) is 4.79 Å². The fourth-order valence-corrected chi connectivity index (χ4v) is 4.84. The molecule has 37 heavy (non-hydrogen) atoms. The van der Waals surface area contributed by atoms with Gasteiger partial charge in [0.2, 0.25) is 5.91 Å². The molecule has 0 spiro atoms. The molecule has 0 radical (unpaired) electrons. The summed E-state index contributed by atoms with van der Waals surface area (Å²) in [5, 5.41) is 6.04. The van der Waals surface area contributed by atoms with Gasteiger partial charge >= 0.3 is 6.09 Å². The molecule has 1 aliphatic carbocycles. The highest BCUT2D eigenvalue weighted by molar-refractivity contribution is 7.80. The predicted molar refractivity (Wildman–Crippen MR) is 150 cm³/mol. The SMILES string of the molecule is Cc1cccc(Cl)c1NC(=O)C(c1c(C)cccc1C)N(C(=O)C(CS)NC(=O)OC(C)(C)C)C1CC1. The van der Waals surface area contributed by atoms with Crippen LogP contribution in [0.5, 0.6) is 0 Å². The fraction of sp³-hybridized carbons (Fsp3) is 0.464. The first kappa shape index (κ1) is 28.9. The van der Waals surface area contributed by atoms with E-state index in [1.54, 1.807) is 31.7 Å². The van der Waals surface area contributed by atoms with E-state index in [0.29, 0.717) is 10.7 Å². The summed E-state index contributed by atoms with van der Waals surface area (Å²) in [6, 6.07) is 9.12. The number of carbonyl (C=O) groups excluding carboxylic acids is 3. The van der Waals surface area contributed by atoms with Crippen LogP contribution in [0, 0.1) is 20.8 Å². The number of ether oxygens (including phenoxy) is 1. The molecule has 0 heterocycles. The zero-order valence-electron chi connectivity index (χ0n) is 22.2. The molecule has 2 N–H and O–H groups in total. The van der Waals surface area contributed by atoms with E-state index in [4.69, 9.17) is 16.3 Å². The van der Waals surface area contributed by atoms with E-state index >= 15 is 0 Å². The molecule has 2 aromatic carbocycles. The van der Waals surface area contributed by atoms with E-state index in [1.807, 2.05) is 51.1 Å². The number of amides is 3. The Balaban J connectivity index is 2.04. The lowest BCUT2D eigenvalue weighted by Crippen LogP contribution is -2.54. The van der Waals surface area contributed by atoms with Crippen molar-refractivity contribution in [1.29, 1.82) is 0 Å². The number of rotatable bonds is 8. The van der Waals surface area contributed by atoms with Gasteiger partial charge in [-0.15, -0.1) is 0 Å². The molecular weight excluding hydrogens is 510 g/mol. The second-order valence-electron chi connectivity index (χ2n) is 10.5. The lowest BCUT2D eigenvalue weighted by Gasteiger charge is -2.35. The Morgan fingerprint density at radius 1 is 1.05 bits per heavy atom. The molecule has 0 aliphatic heterocycles. The van der Waals surface area contributed by atoms with Gasteiger partial charge in [-0.3, -0.25) is 9.59 Å². The molecule has 2 unspecified atom stereocenters. The highest BCUT2D eigenvalue weighted by atomic mass is 35.5. The first-order valence-electron chi connectivity index (χ1n) is 12.4. The monoisotopic (exact) mass is 545 g/mol. The second kappa shape index (κ2) is 11.8. The first-order valence-corrected chi connectivity index (χ1v) is 13.4. The summed E-state index contributed by atoms with van der Waals surface area (Å²) in [5.74, 6) is -0.711. The average molecular weight is 546 g/mol. The zero-order valence-corrected chi connectivity index (χ0v) is 23.9. The second-order valence-corrected chi connectivity index (χ2v) is 11.3. The third-order valence-corrected chi connectivity index (χ3v) is 6.86. The van der Waals surface area contributed by atoms with Crippen molar-refractivity contribution in [3.8, 4) is 0 Å². The summed E-state index contributed by atoms with van der Waals surface area (Å²) in [6.07, 6.45) is 0.810. The lowest BCUT2D eigenvalue weighted by atomic mass is 9.93. The highest BCUT2D eigenvalue weighted by Crippen LogP contribution is 2.39. The molecule has 7 nitrogen and oxygen atoms in total. The largest absolute Gasteiger partial charge is 0.444 e. The Hall–Kier alpha value is -2.71. The smallest absolute Gasteiger partial charge is 0.408 e. The first-order chi connectivity index (χ1) is 17.3. The third kappa shape index (κ3) is 7.20. The number of carbonyl (C=O) groups is 3.